The highest BCUT2D eigenvalue weighted by atomic mass is 16.3. The van der Waals surface area contributed by atoms with E-state index in [1.54, 1.807) is 0 Å². The number of likely N-dealkylation sites (tertiary alicyclic amines) is 1. The van der Waals surface area contributed by atoms with Crippen LogP contribution in [-0.2, 0) is 0 Å². The Morgan fingerprint density at radius 3 is 2.11 bits per heavy atom. The summed E-state index contributed by atoms with van der Waals surface area (Å²) in [6.45, 7) is 1.92. The molecule has 0 amide bonds. The fourth-order valence-corrected chi connectivity index (χ4v) is 0.912. The molecule has 0 aromatic rings. The number of aliphatic hydroxyl groups is 2. The van der Waals surface area contributed by atoms with Crippen molar-refractivity contribution in [3.63, 3.8) is 0 Å². The third-order valence-corrected chi connectivity index (χ3v) is 1.37. The molecule has 0 spiro atoms. The van der Waals surface area contributed by atoms with E-state index in [-0.39, 0.29) is 6.10 Å². The first-order valence-corrected chi connectivity index (χ1v) is 3.10. The van der Waals surface area contributed by atoms with Crippen LogP contribution in [0.2, 0.25) is 0 Å². The zero-order chi connectivity index (χ0) is 7.28. The zero-order valence-electron chi connectivity index (χ0n) is 6.04. The number of hydrogen-bond acceptors (Lipinski definition) is 3. The van der Waals surface area contributed by atoms with Crippen molar-refractivity contribution in [2.24, 2.45) is 0 Å². The summed E-state index contributed by atoms with van der Waals surface area (Å²) in [6.07, 6.45) is 0.904. The molecule has 0 bridgehead atoms. The van der Waals surface area contributed by atoms with Gasteiger partial charge in [-0.2, -0.15) is 0 Å². The van der Waals surface area contributed by atoms with Gasteiger partial charge in [0.25, 0.3) is 0 Å². The Bertz CT molecular complexity index is 60.1. The average molecular weight is 133 g/mol. The average Bonchev–Trinajstić information content (AvgIpc) is 2.20. The summed E-state index contributed by atoms with van der Waals surface area (Å²) >= 11 is 0. The van der Waals surface area contributed by atoms with Gasteiger partial charge in [-0.15, -0.1) is 0 Å². The van der Waals surface area contributed by atoms with Gasteiger partial charge in [0, 0.05) is 20.2 Å². The van der Waals surface area contributed by atoms with Gasteiger partial charge in [-0.1, -0.05) is 0 Å². The standard InChI is InChI=1S/C5H11NO.CH4O/c1-6-3-2-5(7)4-6;1-2/h5,7H,2-4H2,1H3;2H,1H3. The number of hydrogen-bond donors (Lipinski definition) is 2. The van der Waals surface area contributed by atoms with Crippen LogP contribution in [0.4, 0.5) is 0 Å². The molecule has 0 saturated carbocycles. The maximum atomic E-state index is 8.86. The lowest BCUT2D eigenvalue weighted by molar-refractivity contribution is 0.183. The van der Waals surface area contributed by atoms with Gasteiger partial charge in [-0.05, 0) is 13.5 Å². The quantitative estimate of drug-likeness (QED) is 0.459. The molecule has 0 radical (unpaired) electrons. The van der Waals surface area contributed by atoms with Gasteiger partial charge in [0.1, 0.15) is 0 Å². The molecule has 2 N–H and O–H groups in total. The maximum Gasteiger partial charge on any atom is 0.0679 e. The van der Waals surface area contributed by atoms with Crippen molar-refractivity contribution in [2.45, 2.75) is 12.5 Å². The summed E-state index contributed by atoms with van der Waals surface area (Å²) in [4.78, 5) is 2.13. The van der Waals surface area contributed by atoms with E-state index < -0.39 is 0 Å². The highest BCUT2D eigenvalue weighted by molar-refractivity contribution is 4.70. The molecule has 9 heavy (non-hydrogen) atoms. The smallest absolute Gasteiger partial charge is 0.0679 e. The SMILES string of the molecule is CN1CCC(O)C1.CO. The van der Waals surface area contributed by atoms with E-state index in [0.717, 1.165) is 26.6 Å². The molecule has 3 nitrogen and oxygen atoms in total. The molecule has 0 aromatic heterocycles. The number of rotatable bonds is 0. The van der Waals surface area contributed by atoms with Gasteiger partial charge in [0.05, 0.1) is 6.10 Å². The van der Waals surface area contributed by atoms with Crippen LogP contribution >= 0.6 is 0 Å². The first kappa shape index (κ1) is 8.88. The molecule has 1 atom stereocenters. The minimum Gasteiger partial charge on any atom is -0.400 e. The second kappa shape index (κ2) is 4.73. The third kappa shape index (κ3) is 3.46. The summed E-state index contributed by atoms with van der Waals surface area (Å²) in [5.74, 6) is 0. The first-order valence-electron chi connectivity index (χ1n) is 3.10. The molecule has 1 aliphatic rings. The summed E-state index contributed by atoms with van der Waals surface area (Å²) in [5.41, 5.74) is 0. The summed E-state index contributed by atoms with van der Waals surface area (Å²) in [6, 6.07) is 0. The van der Waals surface area contributed by atoms with Gasteiger partial charge < -0.3 is 15.1 Å². The minimum absolute atomic E-state index is 0.0509. The monoisotopic (exact) mass is 133 g/mol. The van der Waals surface area contributed by atoms with Gasteiger partial charge in [0.15, 0.2) is 0 Å². The van der Waals surface area contributed by atoms with Crippen LogP contribution in [0.3, 0.4) is 0 Å². The molecule has 1 fully saturated rings. The van der Waals surface area contributed by atoms with E-state index in [1.807, 2.05) is 7.05 Å². The van der Waals surface area contributed by atoms with Crippen molar-refractivity contribution in [1.29, 1.82) is 0 Å². The molecule has 1 aliphatic heterocycles. The third-order valence-electron chi connectivity index (χ3n) is 1.37. The highest BCUT2D eigenvalue weighted by Gasteiger charge is 2.14. The summed E-state index contributed by atoms with van der Waals surface area (Å²) < 4.78 is 0. The predicted octanol–water partition coefficient (Wildman–Crippen LogP) is -0.709. The molecule has 0 aliphatic carbocycles. The normalized spacial score (nSPS) is 27.3. The Hall–Kier alpha value is -0.120. The Labute approximate surface area is 55.9 Å². The van der Waals surface area contributed by atoms with Crippen molar-refractivity contribution in [3.8, 4) is 0 Å². The molecule has 1 heterocycles. The maximum absolute atomic E-state index is 8.86. The van der Waals surface area contributed by atoms with Gasteiger partial charge in [0.2, 0.25) is 0 Å². The van der Waals surface area contributed by atoms with E-state index >= 15 is 0 Å². The molecule has 3 heteroatoms. The minimum atomic E-state index is -0.0509. The van der Waals surface area contributed by atoms with Gasteiger partial charge in [-0.25, -0.2) is 0 Å². The van der Waals surface area contributed by atoms with Crippen LogP contribution in [0.1, 0.15) is 6.42 Å². The van der Waals surface area contributed by atoms with E-state index in [9.17, 15) is 0 Å². The number of likely N-dealkylation sites (N-methyl/N-ethyl adjacent to an activating group) is 1. The van der Waals surface area contributed by atoms with Crippen molar-refractivity contribution >= 4 is 0 Å². The fraction of sp³-hybridized carbons (Fsp3) is 1.00. The van der Waals surface area contributed by atoms with Gasteiger partial charge >= 0.3 is 0 Å². The number of nitrogens with zero attached hydrogens (tertiary/aromatic N) is 1. The van der Waals surface area contributed by atoms with E-state index in [2.05, 4.69) is 4.90 Å². The fourth-order valence-electron chi connectivity index (χ4n) is 0.912. The van der Waals surface area contributed by atoms with Crippen molar-refractivity contribution < 1.29 is 10.2 Å². The topological polar surface area (TPSA) is 43.7 Å². The van der Waals surface area contributed by atoms with Crippen LogP contribution in [0.5, 0.6) is 0 Å². The van der Waals surface area contributed by atoms with Crippen molar-refractivity contribution in [2.75, 3.05) is 27.2 Å². The Morgan fingerprint density at radius 2 is 2.00 bits per heavy atom. The van der Waals surface area contributed by atoms with Crippen LogP contribution in [0.25, 0.3) is 0 Å². The number of β-amino-alcohol motifs (C(OH)–C–C–N with tert-alkyl or cyclic N) is 1. The summed E-state index contributed by atoms with van der Waals surface area (Å²) in [5, 5.41) is 15.9. The molecule has 1 rings (SSSR count). The zero-order valence-corrected chi connectivity index (χ0v) is 6.04. The second-order valence-corrected chi connectivity index (χ2v) is 2.20. The van der Waals surface area contributed by atoms with E-state index in [1.165, 1.54) is 0 Å². The van der Waals surface area contributed by atoms with Crippen LogP contribution in [0, 0.1) is 0 Å². The molecule has 0 aromatic carbocycles. The largest absolute Gasteiger partial charge is 0.400 e. The summed E-state index contributed by atoms with van der Waals surface area (Å²) in [7, 11) is 3.02. The highest BCUT2D eigenvalue weighted by Crippen LogP contribution is 2.03. The van der Waals surface area contributed by atoms with Crippen LogP contribution in [-0.4, -0.2) is 48.5 Å². The van der Waals surface area contributed by atoms with E-state index in [0.29, 0.717) is 0 Å². The Morgan fingerprint density at radius 1 is 1.44 bits per heavy atom. The molecule has 1 saturated heterocycles. The predicted molar refractivity (Wildman–Crippen MR) is 36.3 cm³/mol. The molecule has 56 valence electrons. The molecular formula is C6H15NO2. The molecule has 1 unspecified atom stereocenters. The second-order valence-electron chi connectivity index (χ2n) is 2.20. The van der Waals surface area contributed by atoms with Crippen LogP contribution < -0.4 is 0 Å². The van der Waals surface area contributed by atoms with Crippen molar-refractivity contribution in [1.82, 2.24) is 4.90 Å². The van der Waals surface area contributed by atoms with Gasteiger partial charge in [-0.3, -0.25) is 0 Å². The van der Waals surface area contributed by atoms with Crippen molar-refractivity contribution in [3.05, 3.63) is 0 Å². The lowest BCUT2D eigenvalue weighted by Crippen LogP contribution is -2.15. The van der Waals surface area contributed by atoms with Crippen LogP contribution in [0.15, 0.2) is 0 Å². The first-order chi connectivity index (χ1) is 4.29. The lowest BCUT2D eigenvalue weighted by atomic mass is 10.3. The van der Waals surface area contributed by atoms with E-state index in [4.69, 9.17) is 10.2 Å². The Balaban J connectivity index is 0.000000291. The molecular weight excluding hydrogens is 118 g/mol. The number of aliphatic hydroxyl groups excluding tert-OH is 2. The lowest BCUT2D eigenvalue weighted by Gasteiger charge is -2.02. The Kier molecular flexibility index (Phi) is 4.67.